The molecule has 0 fully saturated rings. The molecule has 0 aromatic heterocycles. The molecule has 0 amide bonds. The maximum absolute atomic E-state index is 11.5. The van der Waals surface area contributed by atoms with Crippen molar-refractivity contribution in [3.63, 3.8) is 0 Å². The fourth-order valence-electron chi connectivity index (χ4n) is 3.42. The fraction of sp³-hybridized carbons (Fsp3) is 0.0741. The summed E-state index contributed by atoms with van der Waals surface area (Å²) in [5, 5.41) is 21.5. The van der Waals surface area contributed by atoms with Crippen molar-refractivity contribution in [2.24, 2.45) is 0 Å². The summed E-state index contributed by atoms with van der Waals surface area (Å²) in [7, 11) is 0. The zero-order valence-electron chi connectivity index (χ0n) is 17.5. The number of hydrogen-bond acceptors (Lipinski definition) is 5. The van der Waals surface area contributed by atoms with E-state index in [9.17, 15) is 15.0 Å². The van der Waals surface area contributed by atoms with Gasteiger partial charge in [-0.1, -0.05) is 30.3 Å². The first-order valence-corrected chi connectivity index (χ1v) is 10.2. The number of benzene rings is 4. The maximum atomic E-state index is 11.5. The predicted molar refractivity (Wildman–Crippen MR) is 125 cm³/mol. The van der Waals surface area contributed by atoms with E-state index in [1.54, 1.807) is 43.3 Å². The number of phenols is 2. The number of hydrogen-bond donors (Lipinski definition) is 2. The lowest BCUT2D eigenvalue weighted by Crippen LogP contribution is -1.98. The van der Waals surface area contributed by atoms with E-state index in [-0.39, 0.29) is 17.5 Å². The molecule has 0 saturated heterocycles. The Hall–Kier alpha value is -4.25. The van der Waals surface area contributed by atoms with Crippen molar-refractivity contribution in [3.05, 3.63) is 90.5 Å². The number of rotatable bonds is 6. The lowest BCUT2D eigenvalue weighted by atomic mass is 9.99. The van der Waals surface area contributed by atoms with Crippen molar-refractivity contribution in [3.8, 4) is 34.1 Å². The molecule has 2 N–H and O–H groups in total. The second kappa shape index (κ2) is 9.27. The first-order chi connectivity index (χ1) is 15.5. The summed E-state index contributed by atoms with van der Waals surface area (Å²) in [5.41, 5.74) is 2.45. The van der Waals surface area contributed by atoms with Crippen LogP contribution < -0.4 is 4.74 Å². The fourth-order valence-corrected chi connectivity index (χ4v) is 3.42. The number of fused-ring (bicyclic) bond motifs is 1. The number of ether oxygens (including phenoxy) is 2. The van der Waals surface area contributed by atoms with Crippen molar-refractivity contribution in [2.45, 2.75) is 6.92 Å². The van der Waals surface area contributed by atoms with Gasteiger partial charge in [-0.25, -0.2) is 4.79 Å². The highest BCUT2D eigenvalue weighted by Crippen LogP contribution is 2.41. The summed E-state index contributed by atoms with van der Waals surface area (Å²) in [5.74, 6) is 1.18. The lowest BCUT2D eigenvalue weighted by Gasteiger charge is -2.15. The van der Waals surface area contributed by atoms with Crippen LogP contribution in [0.2, 0.25) is 0 Å². The van der Waals surface area contributed by atoms with E-state index in [0.29, 0.717) is 18.1 Å². The first kappa shape index (κ1) is 21.0. The van der Waals surface area contributed by atoms with Crippen LogP contribution in [0.5, 0.6) is 23.0 Å². The molecule has 4 rings (SSSR count). The Kier molecular flexibility index (Phi) is 6.08. The maximum Gasteiger partial charge on any atom is 0.330 e. The van der Waals surface area contributed by atoms with Gasteiger partial charge in [-0.2, -0.15) is 0 Å². The zero-order chi connectivity index (χ0) is 22.5. The summed E-state index contributed by atoms with van der Waals surface area (Å²) >= 11 is 0. The molecule has 4 aromatic carbocycles. The van der Waals surface area contributed by atoms with E-state index in [2.05, 4.69) is 0 Å². The minimum atomic E-state index is -0.386. The van der Waals surface area contributed by atoms with E-state index < -0.39 is 0 Å². The van der Waals surface area contributed by atoms with E-state index in [1.807, 2.05) is 48.5 Å². The highest BCUT2D eigenvalue weighted by Gasteiger charge is 2.13. The Morgan fingerprint density at radius 2 is 1.69 bits per heavy atom. The zero-order valence-corrected chi connectivity index (χ0v) is 17.5. The van der Waals surface area contributed by atoms with E-state index in [4.69, 9.17) is 9.47 Å². The van der Waals surface area contributed by atoms with Crippen LogP contribution in [-0.2, 0) is 9.53 Å². The predicted octanol–water partition coefficient (Wildman–Crippen LogP) is 6.29. The highest BCUT2D eigenvalue weighted by atomic mass is 16.5. The smallest absolute Gasteiger partial charge is 0.330 e. The summed E-state index contributed by atoms with van der Waals surface area (Å²) in [4.78, 5) is 11.5. The molecule has 0 heterocycles. The molecule has 0 bridgehead atoms. The molecule has 0 unspecified atom stereocenters. The summed E-state index contributed by atoms with van der Waals surface area (Å²) in [6.45, 7) is 2.10. The summed E-state index contributed by atoms with van der Waals surface area (Å²) in [6, 6.07) is 23.2. The monoisotopic (exact) mass is 426 g/mol. The Bertz CT molecular complexity index is 1290. The molecule has 5 heteroatoms. The van der Waals surface area contributed by atoms with Crippen molar-refractivity contribution in [2.75, 3.05) is 6.61 Å². The second-order valence-electron chi connectivity index (χ2n) is 7.15. The Labute approximate surface area is 185 Å². The molecule has 0 aliphatic heterocycles. The minimum absolute atomic E-state index is 0.164. The van der Waals surface area contributed by atoms with Crippen LogP contribution in [0.1, 0.15) is 12.5 Å². The van der Waals surface area contributed by atoms with Crippen LogP contribution in [0.15, 0.2) is 84.9 Å². The van der Waals surface area contributed by atoms with Gasteiger partial charge < -0.3 is 19.7 Å². The van der Waals surface area contributed by atoms with Gasteiger partial charge in [-0.3, -0.25) is 0 Å². The largest absolute Gasteiger partial charge is 0.508 e. The highest BCUT2D eigenvalue weighted by molar-refractivity contribution is 5.96. The average Bonchev–Trinajstić information content (AvgIpc) is 2.79. The molecular formula is C27H22O5. The molecule has 160 valence electrons. The molecule has 4 aromatic rings. The van der Waals surface area contributed by atoms with E-state index in [0.717, 1.165) is 27.5 Å². The summed E-state index contributed by atoms with van der Waals surface area (Å²) in [6.07, 6.45) is 3.07. The van der Waals surface area contributed by atoms with Crippen molar-refractivity contribution >= 4 is 22.8 Å². The Balaban J connectivity index is 1.71. The third kappa shape index (κ3) is 4.73. The first-order valence-electron chi connectivity index (χ1n) is 10.2. The standard InChI is InChI=1S/C27H22O5/c1-2-31-26(30)15-8-18-6-11-23(12-7-18)32-27-24(19-4-3-5-21(28)16-19)13-9-20-17-22(29)10-14-25(20)27/h3-17,28-29H,2H2,1H3. The number of phenolic OH excluding ortho intramolecular Hbond substituents is 2. The molecule has 0 aliphatic rings. The molecule has 0 atom stereocenters. The molecule has 0 aliphatic carbocycles. The van der Waals surface area contributed by atoms with Gasteiger partial charge in [0, 0.05) is 17.0 Å². The normalized spacial score (nSPS) is 11.0. The van der Waals surface area contributed by atoms with Gasteiger partial charge in [0.15, 0.2) is 0 Å². The lowest BCUT2D eigenvalue weighted by molar-refractivity contribution is -0.137. The molecule has 0 radical (unpaired) electrons. The van der Waals surface area contributed by atoms with Gasteiger partial charge >= 0.3 is 5.97 Å². The number of esters is 1. The van der Waals surface area contributed by atoms with Gasteiger partial charge in [0.1, 0.15) is 23.0 Å². The van der Waals surface area contributed by atoms with Crippen LogP contribution in [0.4, 0.5) is 0 Å². The third-order valence-electron chi connectivity index (χ3n) is 4.91. The number of carbonyl (C=O) groups is 1. The van der Waals surface area contributed by atoms with E-state index >= 15 is 0 Å². The molecule has 32 heavy (non-hydrogen) atoms. The van der Waals surface area contributed by atoms with Crippen LogP contribution in [0.3, 0.4) is 0 Å². The molecule has 5 nitrogen and oxygen atoms in total. The van der Waals surface area contributed by atoms with Crippen LogP contribution in [-0.4, -0.2) is 22.8 Å². The topological polar surface area (TPSA) is 76.0 Å². The Morgan fingerprint density at radius 3 is 2.44 bits per heavy atom. The number of carbonyl (C=O) groups excluding carboxylic acids is 1. The average molecular weight is 426 g/mol. The molecule has 0 saturated carbocycles. The van der Waals surface area contributed by atoms with E-state index in [1.165, 1.54) is 6.08 Å². The number of aromatic hydroxyl groups is 2. The van der Waals surface area contributed by atoms with Gasteiger partial charge in [-0.15, -0.1) is 0 Å². The van der Waals surface area contributed by atoms with Crippen molar-refractivity contribution in [1.82, 2.24) is 0 Å². The van der Waals surface area contributed by atoms with Crippen LogP contribution in [0.25, 0.3) is 28.0 Å². The molecule has 0 spiro atoms. The molecular weight excluding hydrogens is 404 g/mol. The third-order valence-corrected chi connectivity index (χ3v) is 4.91. The SMILES string of the molecule is CCOC(=O)C=Cc1ccc(Oc2c(-c3cccc(O)c3)ccc3cc(O)ccc23)cc1. The van der Waals surface area contributed by atoms with Crippen molar-refractivity contribution < 1.29 is 24.5 Å². The second-order valence-corrected chi connectivity index (χ2v) is 7.15. The quantitative estimate of drug-likeness (QED) is 0.280. The van der Waals surface area contributed by atoms with Gasteiger partial charge in [-0.05, 0) is 78.0 Å². The van der Waals surface area contributed by atoms with Gasteiger partial charge in [0.25, 0.3) is 0 Å². The Morgan fingerprint density at radius 1 is 0.906 bits per heavy atom. The summed E-state index contributed by atoms with van der Waals surface area (Å²) < 4.78 is 11.2. The van der Waals surface area contributed by atoms with Gasteiger partial charge in [0.2, 0.25) is 0 Å². The van der Waals surface area contributed by atoms with Crippen molar-refractivity contribution in [1.29, 1.82) is 0 Å². The minimum Gasteiger partial charge on any atom is -0.508 e. The van der Waals surface area contributed by atoms with Crippen LogP contribution in [0, 0.1) is 0 Å². The van der Waals surface area contributed by atoms with Crippen LogP contribution >= 0.6 is 0 Å². The van der Waals surface area contributed by atoms with Gasteiger partial charge in [0.05, 0.1) is 6.61 Å².